The Morgan fingerprint density at radius 1 is 1.08 bits per heavy atom. The number of hydrogen-bond donors (Lipinski definition) is 1. The Morgan fingerprint density at radius 2 is 1.81 bits per heavy atom. The number of rotatable bonds is 6. The van der Waals surface area contributed by atoms with E-state index < -0.39 is 5.25 Å². The summed E-state index contributed by atoms with van der Waals surface area (Å²) in [4.78, 5) is 29.6. The fourth-order valence-corrected chi connectivity index (χ4v) is 5.28. The number of anilines is 1. The van der Waals surface area contributed by atoms with Crippen LogP contribution in [-0.2, 0) is 9.59 Å². The van der Waals surface area contributed by atoms with Gasteiger partial charge in [0.15, 0.2) is 5.17 Å². The molecule has 0 saturated heterocycles. The predicted molar refractivity (Wildman–Crippen MR) is 144 cm³/mol. The number of carbonyl (C=O) groups excluding carboxylic acids is 2. The first-order valence-corrected chi connectivity index (χ1v) is 12.7. The summed E-state index contributed by atoms with van der Waals surface area (Å²) in [6, 6.07) is 24.3. The fraction of sp³-hybridized carbons (Fsp3) is 0.185. The summed E-state index contributed by atoms with van der Waals surface area (Å²) in [6.07, 6.45) is 0.654. The van der Waals surface area contributed by atoms with E-state index in [-0.39, 0.29) is 24.3 Å². The van der Waals surface area contributed by atoms with Crippen LogP contribution in [0.4, 0.5) is 5.69 Å². The molecule has 2 amide bonds. The fourth-order valence-electron chi connectivity index (χ4n) is 4.10. The first-order chi connectivity index (χ1) is 17.5. The van der Waals surface area contributed by atoms with Crippen LogP contribution in [0.5, 0.6) is 5.75 Å². The lowest BCUT2D eigenvalue weighted by molar-refractivity contribution is -0.121. The minimum Gasteiger partial charge on any atom is -0.497 e. The molecule has 36 heavy (non-hydrogen) atoms. The Hall–Kier alpha value is -3.62. The van der Waals surface area contributed by atoms with Crippen molar-refractivity contribution in [1.29, 1.82) is 0 Å². The van der Waals surface area contributed by atoms with E-state index in [1.807, 2.05) is 66.7 Å². The van der Waals surface area contributed by atoms with E-state index in [4.69, 9.17) is 21.4 Å². The lowest BCUT2D eigenvalue weighted by Crippen LogP contribution is -2.25. The van der Waals surface area contributed by atoms with Crippen LogP contribution in [0.1, 0.15) is 30.0 Å². The van der Waals surface area contributed by atoms with E-state index in [1.165, 1.54) is 11.8 Å². The van der Waals surface area contributed by atoms with E-state index in [9.17, 15) is 9.59 Å². The van der Waals surface area contributed by atoms with Crippen LogP contribution in [0, 0.1) is 0 Å². The number of para-hydroxylation sites is 1. The molecular formula is C27H23ClN4O3S. The molecule has 2 atom stereocenters. The van der Waals surface area contributed by atoms with Crippen LogP contribution in [0.15, 0.2) is 89.0 Å². The number of benzene rings is 3. The minimum atomic E-state index is -0.602. The minimum absolute atomic E-state index is 0.0277. The monoisotopic (exact) mass is 518 g/mol. The first-order valence-electron chi connectivity index (χ1n) is 11.4. The third kappa shape index (κ3) is 5.29. The summed E-state index contributed by atoms with van der Waals surface area (Å²) < 4.78 is 5.27. The van der Waals surface area contributed by atoms with Crippen molar-refractivity contribution in [2.45, 2.75) is 24.1 Å². The number of thioether (sulfide) groups is 1. The molecule has 2 aliphatic rings. The summed E-state index contributed by atoms with van der Waals surface area (Å²) in [5.41, 5.74) is 3.53. The summed E-state index contributed by atoms with van der Waals surface area (Å²) in [5, 5.41) is 10.0. The SMILES string of the molecule is COc1ccc(C2=NN(C3=NC(=O)[C@@H](CC(=O)Nc4ccccc4)S3)[C@@H](c3ccc(Cl)cc3)C2)cc1. The highest BCUT2D eigenvalue weighted by atomic mass is 35.5. The van der Waals surface area contributed by atoms with Crippen LogP contribution < -0.4 is 10.1 Å². The second-order valence-electron chi connectivity index (χ2n) is 8.35. The van der Waals surface area contributed by atoms with Gasteiger partial charge in [0.25, 0.3) is 5.91 Å². The van der Waals surface area contributed by atoms with Crippen molar-refractivity contribution in [3.63, 3.8) is 0 Å². The van der Waals surface area contributed by atoms with Gasteiger partial charge in [0.1, 0.15) is 11.0 Å². The van der Waals surface area contributed by atoms with Crippen molar-refractivity contribution in [3.8, 4) is 5.75 Å². The van der Waals surface area contributed by atoms with Crippen LogP contribution in [0.3, 0.4) is 0 Å². The Bertz CT molecular complexity index is 1330. The number of methoxy groups -OCH3 is 1. The highest BCUT2D eigenvalue weighted by Crippen LogP contribution is 2.39. The number of nitrogens with zero attached hydrogens (tertiary/aromatic N) is 3. The van der Waals surface area contributed by atoms with Gasteiger partial charge in [-0.25, -0.2) is 5.01 Å². The molecule has 182 valence electrons. The molecule has 5 rings (SSSR count). The number of amidine groups is 1. The Kier molecular flexibility index (Phi) is 7.06. The van der Waals surface area contributed by atoms with E-state index in [0.29, 0.717) is 22.3 Å². The molecule has 0 aliphatic carbocycles. The molecule has 0 unspecified atom stereocenters. The number of carbonyl (C=O) groups is 2. The van der Waals surface area contributed by atoms with E-state index in [1.54, 1.807) is 24.3 Å². The first kappa shape index (κ1) is 24.1. The van der Waals surface area contributed by atoms with Crippen molar-refractivity contribution in [2.75, 3.05) is 12.4 Å². The van der Waals surface area contributed by atoms with Gasteiger partial charge in [-0.15, -0.1) is 0 Å². The molecule has 0 aromatic heterocycles. The van der Waals surface area contributed by atoms with Crippen molar-refractivity contribution in [3.05, 3.63) is 95.0 Å². The number of nitrogens with one attached hydrogen (secondary N) is 1. The smallest absolute Gasteiger partial charge is 0.262 e. The van der Waals surface area contributed by atoms with Gasteiger partial charge in [0.2, 0.25) is 5.91 Å². The highest BCUT2D eigenvalue weighted by molar-refractivity contribution is 8.15. The molecule has 0 saturated carbocycles. The van der Waals surface area contributed by atoms with Crippen molar-refractivity contribution in [2.24, 2.45) is 10.1 Å². The molecule has 0 bridgehead atoms. The zero-order valence-corrected chi connectivity index (χ0v) is 21.0. The Balaban J connectivity index is 1.36. The average Bonchev–Trinajstić information content (AvgIpc) is 3.49. The second-order valence-corrected chi connectivity index (χ2v) is 9.95. The standard InChI is InChI=1S/C27H23ClN4O3S/c1-35-21-13-9-17(10-14-21)22-15-23(18-7-11-19(28)12-8-18)32(31-22)27-30-26(34)24(36-27)16-25(33)29-20-5-3-2-4-6-20/h2-14,23-24H,15-16H2,1H3,(H,29,33)/t23-,24-/m1/s1. The molecule has 7 nitrogen and oxygen atoms in total. The molecule has 2 aliphatic heterocycles. The van der Waals surface area contributed by atoms with Crippen LogP contribution in [0.2, 0.25) is 5.02 Å². The number of hydrogen-bond acceptors (Lipinski definition) is 6. The number of ether oxygens (including phenoxy) is 1. The summed E-state index contributed by atoms with van der Waals surface area (Å²) in [6.45, 7) is 0. The van der Waals surface area contributed by atoms with E-state index in [2.05, 4.69) is 10.3 Å². The van der Waals surface area contributed by atoms with Gasteiger partial charge in [-0.05, 0) is 59.7 Å². The maximum atomic E-state index is 12.7. The molecule has 0 fully saturated rings. The summed E-state index contributed by atoms with van der Waals surface area (Å²) in [5.74, 6) is 0.198. The van der Waals surface area contributed by atoms with Gasteiger partial charge < -0.3 is 10.1 Å². The predicted octanol–water partition coefficient (Wildman–Crippen LogP) is 5.53. The van der Waals surface area contributed by atoms with Gasteiger partial charge in [-0.1, -0.05) is 53.7 Å². The second kappa shape index (κ2) is 10.6. The van der Waals surface area contributed by atoms with Gasteiger partial charge in [-0.2, -0.15) is 10.1 Å². The average molecular weight is 519 g/mol. The summed E-state index contributed by atoms with van der Waals surface area (Å²) >= 11 is 7.39. The third-order valence-corrected chi connectivity index (χ3v) is 7.34. The van der Waals surface area contributed by atoms with Crippen molar-refractivity contribution in [1.82, 2.24) is 5.01 Å². The molecule has 1 N–H and O–H groups in total. The van der Waals surface area contributed by atoms with Crippen molar-refractivity contribution >= 4 is 51.7 Å². The van der Waals surface area contributed by atoms with Crippen LogP contribution in [-0.4, -0.2) is 40.1 Å². The number of aliphatic imine (C=N–C) groups is 1. The zero-order chi connectivity index (χ0) is 25.1. The topological polar surface area (TPSA) is 83.4 Å². The Morgan fingerprint density at radius 3 is 2.50 bits per heavy atom. The van der Waals surface area contributed by atoms with Crippen LogP contribution in [0.25, 0.3) is 0 Å². The zero-order valence-electron chi connectivity index (χ0n) is 19.4. The maximum Gasteiger partial charge on any atom is 0.262 e. The third-order valence-electron chi connectivity index (χ3n) is 5.94. The highest BCUT2D eigenvalue weighted by Gasteiger charge is 2.39. The molecule has 3 aromatic carbocycles. The number of hydrazone groups is 1. The molecule has 0 radical (unpaired) electrons. The lowest BCUT2D eigenvalue weighted by Gasteiger charge is -2.23. The molecule has 0 spiro atoms. The van der Waals surface area contributed by atoms with E-state index >= 15 is 0 Å². The molecular weight excluding hydrogens is 496 g/mol. The van der Waals surface area contributed by atoms with Gasteiger partial charge >= 0.3 is 0 Å². The molecule has 9 heteroatoms. The molecule has 3 aromatic rings. The molecule has 2 heterocycles. The maximum absolute atomic E-state index is 12.7. The lowest BCUT2D eigenvalue weighted by atomic mass is 9.98. The largest absolute Gasteiger partial charge is 0.497 e. The van der Waals surface area contributed by atoms with Crippen molar-refractivity contribution < 1.29 is 14.3 Å². The number of halogens is 1. The quantitative estimate of drug-likeness (QED) is 0.464. The van der Waals surface area contributed by atoms with Crippen LogP contribution >= 0.6 is 23.4 Å². The number of amides is 2. The Labute approximate surface area is 218 Å². The van der Waals surface area contributed by atoms with Gasteiger partial charge in [0, 0.05) is 23.6 Å². The van der Waals surface area contributed by atoms with Gasteiger partial charge in [-0.3, -0.25) is 9.59 Å². The van der Waals surface area contributed by atoms with Gasteiger partial charge in [0.05, 0.1) is 18.9 Å². The normalized spacial score (nSPS) is 19.2. The van der Waals surface area contributed by atoms with E-state index in [0.717, 1.165) is 22.6 Å². The summed E-state index contributed by atoms with van der Waals surface area (Å²) in [7, 11) is 1.63.